The molecule has 0 radical (unpaired) electrons. The molecule has 27 heavy (non-hydrogen) atoms. The van der Waals surface area contributed by atoms with Crippen molar-refractivity contribution in [2.24, 2.45) is 0 Å². The normalized spacial score (nSPS) is 12.3. The summed E-state index contributed by atoms with van der Waals surface area (Å²) in [6.45, 7) is 1.14. The molecule has 0 fully saturated rings. The lowest BCUT2D eigenvalue weighted by molar-refractivity contribution is -0.120. The van der Waals surface area contributed by atoms with Crippen LogP contribution in [0.2, 0.25) is 0 Å². The summed E-state index contributed by atoms with van der Waals surface area (Å²) in [5.74, 6) is -2.35. The Kier molecular flexibility index (Phi) is 6.37. The molecule has 0 aliphatic carbocycles. The second kappa shape index (κ2) is 8.34. The maximum atomic E-state index is 13.5. The molecule has 0 aliphatic rings. The Bertz CT molecular complexity index is 935. The summed E-state index contributed by atoms with van der Waals surface area (Å²) in [4.78, 5) is 12.4. The number of rotatable bonds is 7. The lowest BCUT2D eigenvalue weighted by Crippen LogP contribution is -2.41. The summed E-state index contributed by atoms with van der Waals surface area (Å²) in [6, 6.07) is 9.24. The highest BCUT2D eigenvalue weighted by Gasteiger charge is 2.23. The number of carbonyl (C=O) groups excluding carboxylic acids is 1. The van der Waals surface area contributed by atoms with Crippen molar-refractivity contribution in [2.45, 2.75) is 13.0 Å². The number of nitrogens with zero attached hydrogens (tertiary/aromatic N) is 1. The van der Waals surface area contributed by atoms with Crippen LogP contribution >= 0.6 is 0 Å². The number of benzene rings is 2. The summed E-state index contributed by atoms with van der Waals surface area (Å²) in [5, 5.41) is 2.68. The molecule has 2 rings (SSSR count). The zero-order valence-electron chi connectivity index (χ0n) is 15.1. The van der Waals surface area contributed by atoms with Crippen LogP contribution < -0.4 is 14.4 Å². The van der Waals surface area contributed by atoms with Gasteiger partial charge in [0, 0.05) is 11.6 Å². The number of hydrogen-bond donors (Lipinski definition) is 1. The Morgan fingerprint density at radius 2 is 1.85 bits per heavy atom. The zero-order chi connectivity index (χ0) is 20.2. The van der Waals surface area contributed by atoms with E-state index in [0.29, 0.717) is 15.6 Å². The van der Waals surface area contributed by atoms with Crippen molar-refractivity contribution >= 4 is 21.6 Å². The monoisotopic (exact) mass is 398 g/mol. The van der Waals surface area contributed by atoms with Crippen molar-refractivity contribution in [3.05, 3.63) is 59.7 Å². The highest BCUT2D eigenvalue weighted by Crippen LogP contribution is 2.25. The zero-order valence-corrected chi connectivity index (χ0v) is 15.9. The van der Waals surface area contributed by atoms with Gasteiger partial charge in [0.2, 0.25) is 15.9 Å². The highest BCUT2D eigenvalue weighted by molar-refractivity contribution is 7.92. The van der Waals surface area contributed by atoms with E-state index < -0.39 is 40.2 Å². The third kappa shape index (κ3) is 5.16. The molecule has 0 saturated heterocycles. The van der Waals surface area contributed by atoms with Crippen molar-refractivity contribution in [3.8, 4) is 5.75 Å². The molecule has 1 unspecified atom stereocenters. The van der Waals surface area contributed by atoms with Gasteiger partial charge < -0.3 is 10.1 Å². The predicted molar refractivity (Wildman–Crippen MR) is 98.1 cm³/mol. The van der Waals surface area contributed by atoms with Crippen LogP contribution in [0.3, 0.4) is 0 Å². The molecule has 6 nitrogen and oxygen atoms in total. The van der Waals surface area contributed by atoms with Crippen molar-refractivity contribution < 1.29 is 26.7 Å². The van der Waals surface area contributed by atoms with Gasteiger partial charge >= 0.3 is 0 Å². The molecular weight excluding hydrogens is 378 g/mol. The first kappa shape index (κ1) is 20.6. The summed E-state index contributed by atoms with van der Waals surface area (Å²) in [6.07, 6.45) is 0.880. The minimum Gasteiger partial charge on any atom is -0.496 e. The largest absolute Gasteiger partial charge is 0.496 e. The second-order valence-electron chi connectivity index (χ2n) is 5.90. The van der Waals surface area contributed by atoms with E-state index in [2.05, 4.69) is 5.32 Å². The number of sulfonamides is 1. The van der Waals surface area contributed by atoms with E-state index in [9.17, 15) is 22.0 Å². The van der Waals surface area contributed by atoms with Gasteiger partial charge in [-0.05, 0) is 25.1 Å². The third-order valence-corrected chi connectivity index (χ3v) is 5.00. The van der Waals surface area contributed by atoms with Gasteiger partial charge in [-0.15, -0.1) is 0 Å². The van der Waals surface area contributed by atoms with Gasteiger partial charge in [0.05, 0.1) is 25.1 Å². The Balaban J connectivity index is 2.20. The maximum Gasteiger partial charge on any atom is 0.241 e. The number of nitrogens with one attached hydrogen (secondary N) is 1. The van der Waals surface area contributed by atoms with Crippen molar-refractivity contribution in [1.29, 1.82) is 0 Å². The molecule has 0 spiro atoms. The number of amides is 1. The molecular formula is C18H20F2N2O4S. The Labute approximate surface area is 156 Å². The first-order valence-electron chi connectivity index (χ1n) is 7.98. The fourth-order valence-corrected chi connectivity index (χ4v) is 3.41. The van der Waals surface area contributed by atoms with Crippen LogP contribution in [0.25, 0.3) is 0 Å². The molecule has 0 aromatic heterocycles. The third-order valence-electron chi connectivity index (χ3n) is 3.86. The van der Waals surface area contributed by atoms with Gasteiger partial charge in [0.15, 0.2) is 11.6 Å². The summed E-state index contributed by atoms with van der Waals surface area (Å²) < 4.78 is 56.6. The Hall–Kier alpha value is -2.68. The Morgan fingerprint density at radius 3 is 2.44 bits per heavy atom. The summed E-state index contributed by atoms with van der Waals surface area (Å²) >= 11 is 0. The fraction of sp³-hybridized carbons (Fsp3) is 0.278. The van der Waals surface area contributed by atoms with Crippen LogP contribution in [0.1, 0.15) is 18.5 Å². The predicted octanol–water partition coefficient (Wildman–Crippen LogP) is 2.62. The first-order valence-corrected chi connectivity index (χ1v) is 9.83. The second-order valence-corrected chi connectivity index (χ2v) is 7.81. The molecule has 0 aliphatic heterocycles. The SMILES string of the molecule is COc1ccccc1C(C)NC(=O)CN(c1ccc(F)c(F)c1)S(C)(=O)=O. The molecule has 1 N–H and O–H groups in total. The van der Waals surface area contributed by atoms with Crippen LogP contribution in [0.4, 0.5) is 14.5 Å². The molecule has 2 aromatic carbocycles. The van der Waals surface area contributed by atoms with Gasteiger partial charge in [0.25, 0.3) is 0 Å². The minimum absolute atomic E-state index is 0.142. The van der Waals surface area contributed by atoms with E-state index >= 15 is 0 Å². The first-order chi connectivity index (χ1) is 12.6. The molecule has 146 valence electrons. The van der Waals surface area contributed by atoms with Crippen molar-refractivity contribution in [1.82, 2.24) is 5.32 Å². The van der Waals surface area contributed by atoms with Gasteiger partial charge in [0.1, 0.15) is 12.3 Å². The van der Waals surface area contributed by atoms with E-state index in [0.717, 1.165) is 24.5 Å². The van der Waals surface area contributed by atoms with Gasteiger partial charge in [-0.2, -0.15) is 0 Å². The number of anilines is 1. The summed E-state index contributed by atoms with van der Waals surface area (Å²) in [7, 11) is -2.40. The summed E-state index contributed by atoms with van der Waals surface area (Å²) in [5.41, 5.74) is 0.573. The average molecular weight is 398 g/mol. The number of halogens is 2. The van der Waals surface area contributed by atoms with E-state index in [1.807, 2.05) is 0 Å². The topological polar surface area (TPSA) is 75.7 Å². The van der Waals surface area contributed by atoms with Crippen LogP contribution in [0, 0.1) is 11.6 Å². The van der Waals surface area contributed by atoms with E-state index in [-0.39, 0.29) is 5.69 Å². The lowest BCUT2D eigenvalue weighted by atomic mass is 10.1. The fourth-order valence-electron chi connectivity index (χ4n) is 2.56. The van der Waals surface area contributed by atoms with Crippen LogP contribution in [0.15, 0.2) is 42.5 Å². The van der Waals surface area contributed by atoms with Crippen molar-refractivity contribution in [3.63, 3.8) is 0 Å². The number of para-hydroxylation sites is 1. The van der Waals surface area contributed by atoms with Crippen LogP contribution in [-0.2, 0) is 14.8 Å². The van der Waals surface area contributed by atoms with E-state index in [1.165, 1.54) is 7.11 Å². The number of ether oxygens (including phenoxy) is 1. The van der Waals surface area contributed by atoms with Crippen molar-refractivity contribution in [2.75, 3.05) is 24.2 Å². The average Bonchev–Trinajstić information content (AvgIpc) is 2.61. The molecule has 1 atom stereocenters. The van der Waals surface area contributed by atoms with E-state index in [1.54, 1.807) is 31.2 Å². The number of carbonyl (C=O) groups is 1. The van der Waals surface area contributed by atoms with E-state index in [4.69, 9.17) is 4.74 Å². The molecule has 1 amide bonds. The molecule has 9 heteroatoms. The van der Waals surface area contributed by atoms with Crippen LogP contribution in [-0.4, -0.2) is 34.2 Å². The standard InChI is InChI=1S/C18H20F2N2O4S/c1-12(14-6-4-5-7-17(14)26-2)21-18(23)11-22(27(3,24)25)13-8-9-15(19)16(20)10-13/h4-10,12H,11H2,1-3H3,(H,21,23). The van der Waals surface area contributed by atoms with Gasteiger partial charge in [-0.1, -0.05) is 18.2 Å². The highest BCUT2D eigenvalue weighted by atomic mass is 32.2. The van der Waals surface area contributed by atoms with Crippen LogP contribution in [0.5, 0.6) is 5.75 Å². The van der Waals surface area contributed by atoms with Gasteiger partial charge in [-0.25, -0.2) is 17.2 Å². The lowest BCUT2D eigenvalue weighted by Gasteiger charge is -2.23. The maximum absolute atomic E-state index is 13.5. The smallest absolute Gasteiger partial charge is 0.241 e. The number of methoxy groups -OCH3 is 1. The Morgan fingerprint density at radius 1 is 1.19 bits per heavy atom. The van der Waals surface area contributed by atoms with Gasteiger partial charge in [-0.3, -0.25) is 9.10 Å². The molecule has 2 aromatic rings. The quantitative estimate of drug-likeness (QED) is 0.778. The molecule has 0 bridgehead atoms. The molecule has 0 saturated carbocycles. The minimum atomic E-state index is -3.90. The molecule has 0 heterocycles. The number of hydrogen-bond acceptors (Lipinski definition) is 4.